The molecule has 27 heavy (non-hydrogen) atoms. The van der Waals surface area contributed by atoms with Crippen LogP contribution >= 0.6 is 0 Å². The Labute approximate surface area is 154 Å². The molecule has 0 saturated heterocycles. The van der Waals surface area contributed by atoms with Gasteiger partial charge in [0.2, 0.25) is 0 Å². The SMILES string of the molecule is Cc1c(C(=O)C2C(=O)C(C)C3CC3C2=O)ccc(S(C)(=O)=O)c1OC(F)F. The van der Waals surface area contributed by atoms with Gasteiger partial charge >= 0.3 is 6.61 Å². The number of carbonyl (C=O) groups is 3. The maximum atomic E-state index is 12.9. The van der Waals surface area contributed by atoms with Gasteiger partial charge in [0.05, 0.1) is 0 Å². The maximum Gasteiger partial charge on any atom is 0.387 e. The van der Waals surface area contributed by atoms with E-state index >= 15 is 0 Å². The molecule has 146 valence electrons. The van der Waals surface area contributed by atoms with Gasteiger partial charge in [-0.3, -0.25) is 14.4 Å². The second-order valence-corrected chi connectivity index (χ2v) is 9.10. The first-order valence-corrected chi connectivity index (χ1v) is 10.2. The van der Waals surface area contributed by atoms with E-state index < -0.39 is 56.3 Å². The summed E-state index contributed by atoms with van der Waals surface area (Å²) < 4.78 is 53.6. The zero-order valence-electron chi connectivity index (χ0n) is 14.9. The lowest BCUT2D eigenvalue weighted by molar-refractivity contribution is -0.136. The molecule has 6 nitrogen and oxygen atoms in total. The zero-order valence-corrected chi connectivity index (χ0v) is 15.7. The highest BCUT2D eigenvalue weighted by molar-refractivity contribution is 7.90. The topological polar surface area (TPSA) is 94.6 Å². The molecule has 9 heteroatoms. The molecule has 2 saturated carbocycles. The van der Waals surface area contributed by atoms with E-state index in [0.29, 0.717) is 6.42 Å². The number of ether oxygens (including phenoxy) is 1. The first kappa shape index (κ1) is 19.6. The molecule has 2 aliphatic carbocycles. The van der Waals surface area contributed by atoms with Gasteiger partial charge in [-0.1, -0.05) is 6.92 Å². The number of sulfone groups is 1. The largest absolute Gasteiger partial charge is 0.433 e. The van der Waals surface area contributed by atoms with Crippen molar-refractivity contribution in [2.75, 3.05) is 6.26 Å². The fourth-order valence-electron chi connectivity index (χ4n) is 3.80. The highest BCUT2D eigenvalue weighted by atomic mass is 32.2. The van der Waals surface area contributed by atoms with Crippen LogP contribution in [0.1, 0.15) is 29.3 Å². The van der Waals surface area contributed by atoms with Crippen molar-refractivity contribution in [3.05, 3.63) is 23.3 Å². The average molecular weight is 400 g/mol. The molecule has 0 heterocycles. The molecule has 4 unspecified atom stereocenters. The second kappa shape index (κ2) is 6.47. The Morgan fingerprint density at radius 3 is 2.41 bits per heavy atom. The van der Waals surface area contributed by atoms with E-state index in [0.717, 1.165) is 18.4 Å². The minimum Gasteiger partial charge on any atom is -0.433 e. The Kier molecular flexibility index (Phi) is 4.70. The third kappa shape index (κ3) is 3.28. The summed E-state index contributed by atoms with van der Waals surface area (Å²) in [5, 5.41) is 0. The molecule has 2 fully saturated rings. The van der Waals surface area contributed by atoms with Crippen LogP contribution in [0, 0.1) is 30.6 Å². The molecule has 0 spiro atoms. The summed E-state index contributed by atoms with van der Waals surface area (Å²) in [6.45, 7) is -0.384. The number of carbonyl (C=O) groups excluding carboxylic acids is 3. The standard InChI is InChI=1S/C18H18F2O6S/c1-7-10-6-11(10)16(23)13(14(7)21)15(22)9-4-5-12(27(3,24)25)17(8(9)2)26-18(19)20/h4-5,7,10-11,13,18H,6H2,1-3H3. The first-order chi connectivity index (χ1) is 12.4. The van der Waals surface area contributed by atoms with Crippen LogP contribution in [0.2, 0.25) is 0 Å². The maximum absolute atomic E-state index is 12.9. The van der Waals surface area contributed by atoms with Crippen molar-refractivity contribution in [2.24, 2.45) is 23.7 Å². The first-order valence-electron chi connectivity index (χ1n) is 8.35. The highest BCUT2D eigenvalue weighted by Gasteiger charge is 2.58. The summed E-state index contributed by atoms with van der Waals surface area (Å²) in [4.78, 5) is 37.4. The van der Waals surface area contributed by atoms with E-state index in [-0.39, 0.29) is 23.0 Å². The third-order valence-corrected chi connectivity index (χ3v) is 6.49. The Balaban J connectivity index is 2.07. The van der Waals surface area contributed by atoms with Crippen LogP contribution in [-0.4, -0.2) is 38.6 Å². The van der Waals surface area contributed by atoms with Crippen LogP contribution in [0.15, 0.2) is 17.0 Å². The van der Waals surface area contributed by atoms with Crippen LogP contribution < -0.4 is 4.74 Å². The van der Waals surface area contributed by atoms with Crippen molar-refractivity contribution in [1.29, 1.82) is 0 Å². The van der Waals surface area contributed by atoms with E-state index in [2.05, 4.69) is 4.74 Å². The molecule has 0 radical (unpaired) electrons. The van der Waals surface area contributed by atoms with Crippen molar-refractivity contribution in [2.45, 2.75) is 31.8 Å². The molecule has 0 aliphatic heterocycles. The lowest BCUT2D eigenvalue weighted by atomic mass is 9.76. The van der Waals surface area contributed by atoms with Crippen molar-refractivity contribution in [3.8, 4) is 5.75 Å². The number of rotatable bonds is 5. The van der Waals surface area contributed by atoms with Gasteiger partial charge in [0.25, 0.3) is 0 Å². The Bertz CT molecular complexity index is 953. The minimum atomic E-state index is -3.90. The van der Waals surface area contributed by atoms with Crippen LogP contribution in [0.3, 0.4) is 0 Å². The van der Waals surface area contributed by atoms with Crippen LogP contribution in [-0.2, 0) is 19.4 Å². The van der Waals surface area contributed by atoms with E-state index in [1.807, 2.05) is 0 Å². The third-order valence-electron chi connectivity index (χ3n) is 5.37. The normalized spacial score (nSPS) is 27.5. The number of Topliss-reactive ketones (excluding diaryl/α,β-unsaturated/α-hetero) is 3. The van der Waals surface area contributed by atoms with Gasteiger partial charge in [-0.15, -0.1) is 0 Å². The van der Waals surface area contributed by atoms with Gasteiger partial charge in [0.15, 0.2) is 27.2 Å². The van der Waals surface area contributed by atoms with E-state index in [1.54, 1.807) is 6.92 Å². The fourth-order valence-corrected chi connectivity index (χ4v) is 4.65. The highest BCUT2D eigenvalue weighted by Crippen LogP contribution is 2.51. The van der Waals surface area contributed by atoms with Crippen molar-refractivity contribution in [3.63, 3.8) is 0 Å². The average Bonchev–Trinajstić information content (AvgIpc) is 3.34. The summed E-state index contributed by atoms with van der Waals surface area (Å²) >= 11 is 0. The van der Waals surface area contributed by atoms with Gasteiger partial charge in [0.1, 0.15) is 16.6 Å². The fraction of sp³-hybridized carbons (Fsp3) is 0.500. The predicted octanol–water partition coefficient (Wildman–Crippen LogP) is 2.22. The van der Waals surface area contributed by atoms with E-state index in [1.165, 1.54) is 6.92 Å². The molecule has 2 aliphatic rings. The van der Waals surface area contributed by atoms with Crippen LogP contribution in [0.4, 0.5) is 8.78 Å². The smallest absolute Gasteiger partial charge is 0.387 e. The van der Waals surface area contributed by atoms with Crippen molar-refractivity contribution in [1.82, 2.24) is 0 Å². The molecule has 4 atom stereocenters. The summed E-state index contributed by atoms with van der Waals surface area (Å²) in [6, 6.07) is 2.12. The second-order valence-electron chi connectivity index (χ2n) is 7.11. The molecular weight excluding hydrogens is 382 g/mol. The number of fused-ring (bicyclic) bond motifs is 1. The lowest BCUT2D eigenvalue weighted by Gasteiger charge is -2.24. The number of alkyl halides is 2. The molecule has 3 rings (SSSR count). The van der Waals surface area contributed by atoms with Gasteiger partial charge in [-0.2, -0.15) is 8.78 Å². The Morgan fingerprint density at radius 2 is 1.85 bits per heavy atom. The van der Waals surface area contributed by atoms with E-state index in [4.69, 9.17) is 0 Å². The van der Waals surface area contributed by atoms with Gasteiger partial charge in [0, 0.05) is 29.2 Å². The number of ketones is 3. The number of hydrogen-bond donors (Lipinski definition) is 0. The summed E-state index contributed by atoms with van der Waals surface area (Å²) in [5.74, 6) is -4.63. The molecular formula is C18H18F2O6S. The van der Waals surface area contributed by atoms with Crippen molar-refractivity contribution >= 4 is 27.2 Å². The molecule has 0 N–H and O–H groups in total. The van der Waals surface area contributed by atoms with Gasteiger partial charge < -0.3 is 4.74 Å². The lowest BCUT2D eigenvalue weighted by Crippen LogP contribution is -2.41. The molecule has 0 bridgehead atoms. The number of halogens is 2. The quantitative estimate of drug-likeness (QED) is 0.556. The van der Waals surface area contributed by atoms with Gasteiger partial charge in [-0.05, 0) is 31.4 Å². The summed E-state index contributed by atoms with van der Waals surface area (Å²) in [7, 11) is -3.90. The molecule has 0 amide bonds. The molecule has 0 aromatic heterocycles. The Hall–Kier alpha value is -2.16. The van der Waals surface area contributed by atoms with Crippen molar-refractivity contribution < 1.29 is 36.3 Å². The monoisotopic (exact) mass is 400 g/mol. The van der Waals surface area contributed by atoms with Crippen LogP contribution in [0.25, 0.3) is 0 Å². The molecule has 1 aromatic carbocycles. The minimum absolute atomic E-state index is 0.0273. The summed E-state index contributed by atoms with van der Waals surface area (Å²) in [6.07, 6.45) is 1.39. The molecule has 1 aromatic rings. The van der Waals surface area contributed by atoms with Gasteiger partial charge in [-0.25, -0.2) is 8.42 Å². The Morgan fingerprint density at radius 1 is 1.22 bits per heavy atom. The number of hydrogen-bond acceptors (Lipinski definition) is 6. The predicted molar refractivity (Wildman–Crippen MR) is 89.5 cm³/mol. The van der Waals surface area contributed by atoms with E-state index in [9.17, 15) is 31.6 Å². The van der Waals surface area contributed by atoms with Crippen LogP contribution in [0.5, 0.6) is 5.75 Å². The zero-order chi connectivity index (χ0) is 20.3. The summed E-state index contributed by atoms with van der Waals surface area (Å²) in [5.41, 5.74) is -0.314. The number of benzene rings is 1.